The van der Waals surface area contributed by atoms with Crippen molar-refractivity contribution in [2.24, 2.45) is 11.3 Å². The number of rotatable bonds is 6. The summed E-state index contributed by atoms with van der Waals surface area (Å²) in [6.45, 7) is 12.1. The number of carbonyl (C=O) groups is 1. The molecule has 1 unspecified atom stereocenters. The topological polar surface area (TPSA) is 75.3 Å². The highest BCUT2D eigenvalue weighted by Gasteiger charge is 2.31. The fourth-order valence-electron chi connectivity index (χ4n) is 4.58. The number of thiophene rings is 1. The van der Waals surface area contributed by atoms with E-state index in [0.29, 0.717) is 30.6 Å². The maximum Gasteiger partial charge on any atom is 0.260 e. The van der Waals surface area contributed by atoms with Crippen molar-refractivity contribution in [1.82, 2.24) is 14.9 Å². The van der Waals surface area contributed by atoms with Gasteiger partial charge >= 0.3 is 0 Å². The van der Waals surface area contributed by atoms with Crippen LogP contribution in [-0.4, -0.2) is 40.5 Å². The third kappa shape index (κ3) is 4.83. The first-order valence-corrected chi connectivity index (χ1v) is 12.6. The lowest BCUT2D eigenvalue weighted by Gasteiger charge is -2.33. The van der Waals surface area contributed by atoms with Crippen LogP contribution in [0.3, 0.4) is 0 Å². The molecule has 1 N–H and O–H groups in total. The quantitative estimate of drug-likeness (QED) is 0.550. The minimum atomic E-state index is -0.0631. The summed E-state index contributed by atoms with van der Waals surface area (Å²) in [4.78, 5) is 36.8. The van der Waals surface area contributed by atoms with Gasteiger partial charge in [-0.15, -0.1) is 11.3 Å². The van der Waals surface area contributed by atoms with Gasteiger partial charge in [0.25, 0.3) is 11.5 Å². The number of likely N-dealkylation sites (N-methyl/N-ethyl adjacent to an activating group) is 1. The van der Waals surface area contributed by atoms with Crippen molar-refractivity contribution in [3.63, 3.8) is 0 Å². The molecule has 1 aliphatic carbocycles. The Morgan fingerprint density at radius 2 is 1.91 bits per heavy atom. The average Bonchev–Trinajstić information content (AvgIpc) is 3.16. The van der Waals surface area contributed by atoms with Crippen LogP contribution in [0.15, 0.2) is 29.1 Å². The fourth-order valence-corrected chi connectivity index (χ4v) is 5.88. The largest absolute Gasteiger partial charge is 0.484 e. The Morgan fingerprint density at radius 1 is 1.21 bits per heavy atom. The molecule has 0 saturated carbocycles. The molecule has 1 amide bonds. The monoisotopic (exact) mass is 467 g/mol. The number of hydrogen-bond acceptors (Lipinski definition) is 5. The van der Waals surface area contributed by atoms with E-state index in [0.717, 1.165) is 35.0 Å². The van der Waals surface area contributed by atoms with Crippen molar-refractivity contribution in [2.75, 3.05) is 19.7 Å². The lowest BCUT2D eigenvalue weighted by Crippen LogP contribution is -2.34. The molecular weight excluding hydrogens is 434 g/mol. The Morgan fingerprint density at radius 3 is 2.55 bits per heavy atom. The highest BCUT2D eigenvalue weighted by atomic mass is 32.1. The fraction of sp³-hybridized carbons (Fsp3) is 0.500. The van der Waals surface area contributed by atoms with Crippen LogP contribution >= 0.6 is 11.3 Å². The molecule has 0 bridgehead atoms. The lowest BCUT2D eigenvalue weighted by atomic mass is 9.72. The Balaban J connectivity index is 1.55. The first kappa shape index (κ1) is 23.5. The second-order valence-electron chi connectivity index (χ2n) is 9.78. The van der Waals surface area contributed by atoms with Crippen molar-refractivity contribution in [1.29, 1.82) is 0 Å². The number of hydrogen-bond donors (Lipinski definition) is 1. The van der Waals surface area contributed by atoms with E-state index >= 15 is 0 Å². The van der Waals surface area contributed by atoms with Crippen LogP contribution in [0.2, 0.25) is 0 Å². The minimum absolute atomic E-state index is 0.0123. The van der Waals surface area contributed by atoms with E-state index in [1.165, 1.54) is 10.4 Å². The highest BCUT2D eigenvalue weighted by molar-refractivity contribution is 7.18. The van der Waals surface area contributed by atoms with Crippen LogP contribution < -0.4 is 10.3 Å². The molecule has 0 saturated heterocycles. The highest BCUT2D eigenvalue weighted by Crippen LogP contribution is 2.42. The smallest absolute Gasteiger partial charge is 0.260 e. The number of nitrogens with zero attached hydrogens (tertiary/aromatic N) is 2. The number of nitrogens with one attached hydrogen (secondary N) is 1. The Labute approximate surface area is 199 Å². The molecule has 4 rings (SSSR count). The molecule has 2 heterocycles. The summed E-state index contributed by atoms with van der Waals surface area (Å²) in [6.07, 6.45) is 3.08. The van der Waals surface area contributed by atoms with Crippen molar-refractivity contribution < 1.29 is 9.53 Å². The average molecular weight is 468 g/mol. The summed E-state index contributed by atoms with van der Waals surface area (Å²) >= 11 is 1.67. The number of aryl methyl sites for hydroxylation is 1. The molecule has 0 spiro atoms. The van der Waals surface area contributed by atoms with E-state index in [1.54, 1.807) is 16.2 Å². The number of H-pyrrole nitrogens is 1. The van der Waals surface area contributed by atoms with E-state index in [-0.39, 0.29) is 23.5 Å². The maximum absolute atomic E-state index is 13.0. The maximum atomic E-state index is 13.0. The summed E-state index contributed by atoms with van der Waals surface area (Å²) in [6, 6.07) is 7.35. The predicted octanol–water partition coefficient (Wildman–Crippen LogP) is 5.05. The van der Waals surface area contributed by atoms with Gasteiger partial charge in [0.15, 0.2) is 6.61 Å². The normalized spacial score (nSPS) is 16.0. The molecule has 7 heteroatoms. The molecule has 33 heavy (non-hydrogen) atoms. The zero-order valence-corrected chi connectivity index (χ0v) is 21.0. The van der Waals surface area contributed by atoms with Crippen molar-refractivity contribution in [3.05, 3.63) is 45.1 Å². The predicted molar refractivity (Wildman–Crippen MR) is 134 cm³/mol. The third-order valence-corrected chi connectivity index (χ3v) is 7.90. The molecule has 0 fully saturated rings. The van der Waals surface area contributed by atoms with E-state index in [9.17, 15) is 9.59 Å². The molecule has 1 aromatic carbocycles. The number of fused-ring (bicyclic) bond motifs is 3. The van der Waals surface area contributed by atoms with Crippen LogP contribution in [0.1, 0.15) is 51.5 Å². The van der Waals surface area contributed by atoms with Gasteiger partial charge in [-0.2, -0.15) is 0 Å². The van der Waals surface area contributed by atoms with Crippen LogP contribution in [0.5, 0.6) is 5.75 Å². The van der Waals surface area contributed by atoms with Gasteiger partial charge in [0.1, 0.15) is 16.4 Å². The van der Waals surface area contributed by atoms with Gasteiger partial charge in [0.2, 0.25) is 0 Å². The van der Waals surface area contributed by atoms with E-state index in [4.69, 9.17) is 9.72 Å². The standard InChI is InChI=1S/C26H33N3O3S/c1-6-29(7-2)21(30)15-32-18-11-8-16(9-12-18)23-27-24(31)22-19-13-10-17(26(3,4)5)14-20(19)33-25(22)28-23/h8-9,11-12,17H,6-7,10,13-15H2,1-5H3,(H,27,28,31). The van der Waals surface area contributed by atoms with Gasteiger partial charge in [-0.25, -0.2) is 4.98 Å². The van der Waals surface area contributed by atoms with E-state index < -0.39 is 0 Å². The second kappa shape index (κ2) is 9.29. The molecule has 1 atom stereocenters. The van der Waals surface area contributed by atoms with E-state index in [1.807, 2.05) is 38.1 Å². The van der Waals surface area contributed by atoms with Gasteiger partial charge in [-0.1, -0.05) is 20.8 Å². The summed E-state index contributed by atoms with van der Waals surface area (Å²) < 4.78 is 5.65. The zero-order valence-electron chi connectivity index (χ0n) is 20.2. The minimum Gasteiger partial charge on any atom is -0.484 e. The Kier molecular flexibility index (Phi) is 6.61. The van der Waals surface area contributed by atoms with Crippen LogP contribution in [-0.2, 0) is 17.6 Å². The van der Waals surface area contributed by atoms with Crippen LogP contribution in [0.25, 0.3) is 21.6 Å². The van der Waals surface area contributed by atoms with Crippen molar-refractivity contribution in [2.45, 2.75) is 53.9 Å². The van der Waals surface area contributed by atoms with Crippen molar-refractivity contribution in [3.8, 4) is 17.1 Å². The Bertz CT molecular complexity index is 1200. The number of aromatic amines is 1. The van der Waals surface area contributed by atoms with Gasteiger partial charge < -0.3 is 14.6 Å². The first-order chi connectivity index (χ1) is 15.7. The summed E-state index contributed by atoms with van der Waals surface area (Å²) in [5.41, 5.74) is 2.21. The van der Waals surface area contributed by atoms with Crippen molar-refractivity contribution >= 4 is 27.5 Å². The molecular formula is C26H33N3O3S. The second-order valence-corrected chi connectivity index (χ2v) is 10.9. The van der Waals surface area contributed by atoms with Gasteiger partial charge in [-0.3, -0.25) is 9.59 Å². The number of amides is 1. The molecule has 1 aliphatic rings. The number of aromatic nitrogens is 2. The van der Waals surface area contributed by atoms with Crippen LogP contribution in [0.4, 0.5) is 0 Å². The molecule has 0 aliphatic heterocycles. The number of ether oxygens (including phenoxy) is 1. The molecule has 6 nitrogen and oxygen atoms in total. The number of carbonyl (C=O) groups excluding carboxylic acids is 1. The molecule has 3 aromatic rings. The summed E-state index contributed by atoms with van der Waals surface area (Å²) in [5, 5.41) is 0.765. The molecule has 2 aromatic heterocycles. The Hall–Kier alpha value is -2.67. The van der Waals surface area contributed by atoms with Gasteiger partial charge in [-0.05, 0) is 74.3 Å². The summed E-state index contributed by atoms with van der Waals surface area (Å²) in [5.74, 6) is 1.76. The van der Waals surface area contributed by atoms with Gasteiger partial charge in [0, 0.05) is 23.5 Å². The third-order valence-electron chi connectivity index (χ3n) is 6.75. The molecule has 0 radical (unpaired) electrons. The number of benzene rings is 1. The van der Waals surface area contributed by atoms with E-state index in [2.05, 4.69) is 25.8 Å². The van der Waals surface area contributed by atoms with Crippen LogP contribution in [0, 0.1) is 11.3 Å². The van der Waals surface area contributed by atoms with Gasteiger partial charge in [0.05, 0.1) is 5.39 Å². The first-order valence-electron chi connectivity index (χ1n) is 11.8. The SMILES string of the molecule is CCN(CC)C(=O)COc1ccc(-c2nc3sc4c(c3c(=O)[nH]2)CCC(C(C)(C)C)C4)cc1. The lowest BCUT2D eigenvalue weighted by molar-refractivity contribution is -0.132. The zero-order chi connectivity index (χ0) is 23.8. The molecule has 176 valence electrons. The summed E-state index contributed by atoms with van der Waals surface area (Å²) in [7, 11) is 0.